The molecule has 0 spiro atoms. The number of nitrogens with two attached hydrogens (primary N) is 1. The molecule has 3 N–H and O–H groups in total. The van der Waals surface area contributed by atoms with Gasteiger partial charge in [-0.3, -0.25) is 9.59 Å². The zero-order valence-electron chi connectivity index (χ0n) is 13.6. The van der Waals surface area contributed by atoms with Gasteiger partial charge in [0.25, 0.3) is 5.91 Å². The predicted molar refractivity (Wildman–Crippen MR) is 86.1 cm³/mol. The Morgan fingerprint density at radius 2 is 2.00 bits per heavy atom. The fraction of sp³-hybridized carbons (Fsp3) is 0.467. The van der Waals surface area contributed by atoms with Crippen LogP contribution < -0.4 is 20.5 Å². The molecule has 0 aliphatic rings. The summed E-state index contributed by atoms with van der Waals surface area (Å²) < 4.78 is 15.5. The van der Waals surface area contributed by atoms with Crippen LogP contribution in [-0.4, -0.2) is 44.8 Å². The Balaban J connectivity index is 3.13. The number of ether oxygens (including phenoxy) is 3. The van der Waals surface area contributed by atoms with Crippen LogP contribution in [0.25, 0.3) is 0 Å². The summed E-state index contributed by atoms with van der Waals surface area (Å²) in [6.45, 7) is 3.62. The van der Waals surface area contributed by atoms with Gasteiger partial charge in [0.15, 0.2) is 11.5 Å². The highest BCUT2D eigenvalue weighted by molar-refractivity contribution is 6.32. The maximum Gasteiger partial charge on any atom is 0.252 e. The molecule has 2 amide bonds. The van der Waals surface area contributed by atoms with Gasteiger partial charge in [-0.1, -0.05) is 11.6 Å². The number of primary amides is 1. The summed E-state index contributed by atoms with van der Waals surface area (Å²) >= 11 is 6.13. The topological polar surface area (TPSA) is 99.9 Å². The van der Waals surface area contributed by atoms with Crippen LogP contribution >= 0.6 is 11.6 Å². The molecule has 0 fully saturated rings. The number of rotatable bonds is 8. The van der Waals surface area contributed by atoms with Gasteiger partial charge >= 0.3 is 0 Å². The van der Waals surface area contributed by atoms with Crippen molar-refractivity contribution < 1.29 is 23.8 Å². The summed E-state index contributed by atoms with van der Waals surface area (Å²) in [4.78, 5) is 24.0. The lowest BCUT2D eigenvalue weighted by Gasteiger charge is -2.26. The summed E-state index contributed by atoms with van der Waals surface area (Å²) in [5.41, 5.74) is 4.19. The zero-order chi connectivity index (χ0) is 17.6. The van der Waals surface area contributed by atoms with E-state index in [1.807, 2.05) is 0 Å². The second-order valence-electron chi connectivity index (χ2n) is 5.01. The number of carbonyl (C=O) groups excluding carboxylic acids is 2. The molecule has 0 heterocycles. The first kappa shape index (κ1) is 19.1. The third-order valence-corrected chi connectivity index (χ3v) is 3.43. The molecule has 0 saturated heterocycles. The van der Waals surface area contributed by atoms with Crippen LogP contribution in [-0.2, 0) is 9.53 Å². The van der Waals surface area contributed by atoms with Gasteiger partial charge in [-0.2, -0.15) is 0 Å². The van der Waals surface area contributed by atoms with Crippen LogP contribution in [0.15, 0.2) is 12.1 Å². The molecule has 0 aliphatic heterocycles. The van der Waals surface area contributed by atoms with Crippen molar-refractivity contribution in [3.63, 3.8) is 0 Å². The highest BCUT2D eigenvalue weighted by Crippen LogP contribution is 2.36. The molecule has 0 radical (unpaired) electrons. The Labute approximate surface area is 140 Å². The second kappa shape index (κ2) is 8.03. The molecular weight excluding hydrogens is 324 g/mol. The van der Waals surface area contributed by atoms with Gasteiger partial charge in [0.05, 0.1) is 25.3 Å². The van der Waals surface area contributed by atoms with Crippen molar-refractivity contribution in [1.29, 1.82) is 0 Å². The molecule has 0 unspecified atom stereocenters. The Kier molecular flexibility index (Phi) is 6.65. The molecule has 8 heteroatoms. The van der Waals surface area contributed by atoms with Crippen molar-refractivity contribution in [2.75, 3.05) is 27.4 Å². The van der Waals surface area contributed by atoms with E-state index < -0.39 is 17.4 Å². The summed E-state index contributed by atoms with van der Waals surface area (Å²) in [5.74, 6) is -0.580. The number of nitrogens with one attached hydrogen (secondary N) is 1. The average molecular weight is 345 g/mol. The lowest BCUT2D eigenvalue weighted by atomic mass is 10.0. The quantitative estimate of drug-likeness (QED) is 0.741. The summed E-state index contributed by atoms with van der Waals surface area (Å²) in [7, 11) is 2.85. The number of benzene rings is 1. The maximum absolute atomic E-state index is 12.4. The molecule has 0 aromatic heterocycles. The van der Waals surface area contributed by atoms with Crippen LogP contribution in [0.5, 0.6) is 11.5 Å². The van der Waals surface area contributed by atoms with E-state index in [9.17, 15) is 9.59 Å². The smallest absolute Gasteiger partial charge is 0.252 e. The molecule has 1 rings (SSSR count). The highest BCUT2D eigenvalue weighted by atomic mass is 35.5. The van der Waals surface area contributed by atoms with Gasteiger partial charge in [-0.05, 0) is 26.0 Å². The van der Waals surface area contributed by atoms with Crippen molar-refractivity contribution in [3.05, 3.63) is 22.7 Å². The third-order valence-electron chi connectivity index (χ3n) is 3.15. The summed E-state index contributed by atoms with van der Waals surface area (Å²) in [6.07, 6.45) is 0. The monoisotopic (exact) mass is 344 g/mol. The van der Waals surface area contributed by atoms with Crippen molar-refractivity contribution in [2.24, 2.45) is 5.73 Å². The maximum atomic E-state index is 12.4. The minimum absolute atomic E-state index is 0.0596. The molecule has 7 nitrogen and oxygen atoms in total. The third kappa shape index (κ3) is 4.49. The van der Waals surface area contributed by atoms with E-state index in [1.54, 1.807) is 6.92 Å². The van der Waals surface area contributed by atoms with E-state index >= 15 is 0 Å². The number of methoxy groups -OCH3 is 2. The van der Waals surface area contributed by atoms with Gasteiger partial charge in [0, 0.05) is 12.7 Å². The summed E-state index contributed by atoms with van der Waals surface area (Å²) in [5, 5.41) is 2.77. The Morgan fingerprint density at radius 3 is 2.48 bits per heavy atom. The molecule has 23 heavy (non-hydrogen) atoms. The molecule has 128 valence electrons. The fourth-order valence-electron chi connectivity index (χ4n) is 1.92. The lowest BCUT2D eigenvalue weighted by molar-refractivity contribution is -0.125. The first-order valence-corrected chi connectivity index (χ1v) is 7.28. The van der Waals surface area contributed by atoms with E-state index in [2.05, 4.69) is 5.32 Å². The second-order valence-corrected chi connectivity index (χ2v) is 5.41. The first-order valence-electron chi connectivity index (χ1n) is 6.90. The highest BCUT2D eigenvalue weighted by Gasteiger charge is 2.33. The minimum Gasteiger partial charge on any atom is -0.493 e. The Morgan fingerprint density at radius 1 is 1.35 bits per heavy atom. The molecular formula is C15H21ClN2O5. The molecule has 1 atom stereocenters. The Hall–Kier alpha value is -1.99. The largest absolute Gasteiger partial charge is 0.493 e. The number of hydrogen-bond acceptors (Lipinski definition) is 5. The van der Waals surface area contributed by atoms with Crippen LogP contribution in [0.1, 0.15) is 24.2 Å². The zero-order valence-corrected chi connectivity index (χ0v) is 14.3. The minimum atomic E-state index is -1.34. The van der Waals surface area contributed by atoms with Crippen LogP contribution in [0.3, 0.4) is 0 Å². The molecule has 0 aliphatic carbocycles. The van der Waals surface area contributed by atoms with Gasteiger partial charge in [0.2, 0.25) is 5.91 Å². The molecule has 1 aromatic carbocycles. The number of carbonyl (C=O) groups is 2. The standard InChI is InChI=1S/C15H21ClN2O5/c1-5-23-12-10(16)6-9(7-11(12)22-4)13(19)18-15(2,8-21-3)14(17)20/h6-7H,5,8H2,1-4H3,(H2,17,20)(H,18,19)/t15-/m1/s1. The van der Waals surface area contributed by atoms with Crippen molar-refractivity contribution in [1.82, 2.24) is 5.32 Å². The molecule has 1 aromatic rings. The average Bonchev–Trinajstić information content (AvgIpc) is 2.49. The predicted octanol–water partition coefficient (Wildman–Crippen LogP) is 1.37. The Bertz CT molecular complexity index is 593. The van der Waals surface area contributed by atoms with Gasteiger partial charge in [-0.15, -0.1) is 0 Å². The SMILES string of the molecule is CCOc1c(Cl)cc(C(=O)N[C@](C)(COC)C(N)=O)cc1OC. The normalized spacial score (nSPS) is 13.1. The van der Waals surface area contributed by atoms with E-state index in [1.165, 1.54) is 33.3 Å². The van der Waals surface area contributed by atoms with E-state index in [-0.39, 0.29) is 17.2 Å². The van der Waals surface area contributed by atoms with Crippen molar-refractivity contribution in [2.45, 2.75) is 19.4 Å². The van der Waals surface area contributed by atoms with Crippen LogP contribution in [0, 0.1) is 0 Å². The number of hydrogen-bond donors (Lipinski definition) is 2. The number of amides is 2. The number of halogens is 1. The van der Waals surface area contributed by atoms with Crippen molar-refractivity contribution in [3.8, 4) is 11.5 Å². The van der Waals surface area contributed by atoms with Gasteiger partial charge in [-0.25, -0.2) is 0 Å². The molecule has 0 bridgehead atoms. The lowest BCUT2D eigenvalue weighted by Crippen LogP contribution is -2.58. The van der Waals surface area contributed by atoms with E-state index in [0.29, 0.717) is 18.1 Å². The van der Waals surface area contributed by atoms with Crippen LogP contribution in [0.2, 0.25) is 5.02 Å². The molecule has 0 saturated carbocycles. The summed E-state index contributed by atoms with van der Waals surface area (Å²) in [6, 6.07) is 2.90. The van der Waals surface area contributed by atoms with E-state index in [4.69, 9.17) is 31.5 Å². The fourth-order valence-corrected chi connectivity index (χ4v) is 2.18. The first-order chi connectivity index (χ1) is 10.8. The van der Waals surface area contributed by atoms with E-state index in [0.717, 1.165) is 0 Å². The van der Waals surface area contributed by atoms with Crippen molar-refractivity contribution >= 4 is 23.4 Å². The van der Waals surface area contributed by atoms with Gasteiger partial charge < -0.3 is 25.3 Å². The van der Waals surface area contributed by atoms with Crippen LogP contribution in [0.4, 0.5) is 0 Å². The van der Waals surface area contributed by atoms with Gasteiger partial charge in [0.1, 0.15) is 5.54 Å².